The second-order valence-electron chi connectivity index (χ2n) is 3.17. The molecular weight excluding hydrogens is 128 g/mol. The predicted octanol–water partition coefficient (Wildman–Crippen LogP) is 1.53. The number of ether oxygens (including phenoxy) is 1. The topological polar surface area (TPSA) is 29.6 Å². The summed E-state index contributed by atoms with van der Waals surface area (Å²) in [5, 5.41) is 0. The van der Waals surface area contributed by atoms with Gasteiger partial charge in [-0.1, -0.05) is 13.3 Å². The Morgan fingerprint density at radius 3 is 2.60 bits per heavy atom. The molecule has 0 amide bonds. The average Bonchev–Trinajstić information content (AvgIpc) is 2.43. The lowest BCUT2D eigenvalue weighted by Gasteiger charge is -1.99. The zero-order valence-electron chi connectivity index (χ0n) is 6.81. The maximum Gasteiger partial charge on any atom is 0.161 e. The zero-order valence-corrected chi connectivity index (χ0v) is 6.81. The van der Waals surface area contributed by atoms with Crippen molar-refractivity contribution in [2.45, 2.75) is 45.3 Å². The Hall–Kier alpha value is -0.370. The van der Waals surface area contributed by atoms with Crippen molar-refractivity contribution >= 4 is 5.78 Å². The summed E-state index contributed by atoms with van der Waals surface area (Å²) in [4.78, 5) is 10.8. The minimum absolute atomic E-state index is 0.104. The van der Waals surface area contributed by atoms with Crippen LogP contribution in [0, 0.1) is 0 Å². The summed E-state index contributed by atoms with van der Waals surface area (Å²) in [6.07, 6.45) is 1.98. The van der Waals surface area contributed by atoms with E-state index >= 15 is 0 Å². The van der Waals surface area contributed by atoms with Crippen LogP contribution in [0.15, 0.2) is 0 Å². The number of hydrogen-bond donors (Lipinski definition) is 0. The number of epoxide rings is 1. The summed E-state index contributed by atoms with van der Waals surface area (Å²) >= 11 is 0. The third-order valence-electron chi connectivity index (χ3n) is 2.00. The van der Waals surface area contributed by atoms with Crippen molar-refractivity contribution < 1.29 is 9.53 Å². The molecule has 58 valence electrons. The van der Waals surface area contributed by atoms with Crippen molar-refractivity contribution in [3.05, 3.63) is 0 Å². The second kappa shape index (κ2) is 2.35. The van der Waals surface area contributed by atoms with E-state index in [9.17, 15) is 4.79 Å². The Morgan fingerprint density at radius 2 is 2.30 bits per heavy atom. The molecule has 0 aromatic carbocycles. The monoisotopic (exact) mass is 142 g/mol. The Kier molecular flexibility index (Phi) is 1.82. The molecule has 0 spiro atoms. The first-order chi connectivity index (χ1) is 4.60. The summed E-state index contributed by atoms with van der Waals surface area (Å²) in [7, 11) is 0. The first-order valence-corrected chi connectivity index (χ1v) is 3.78. The van der Waals surface area contributed by atoms with Crippen LogP contribution >= 0.6 is 0 Å². The average molecular weight is 142 g/mol. The highest BCUT2D eigenvalue weighted by Gasteiger charge is 2.54. The summed E-state index contributed by atoms with van der Waals surface area (Å²) in [5.41, 5.74) is -0.111. The van der Waals surface area contributed by atoms with Gasteiger partial charge in [-0.3, -0.25) is 4.79 Å². The number of rotatable bonds is 3. The molecule has 0 aromatic rings. The molecule has 1 aliphatic heterocycles. The van der Waals surface area contributed by atoms with Crippen LogP contribution in [0.4, 0.5) is 0 Å². The molecular formula is C8H14O2. The third kappa shape index (κ3) is 1.21. The van der Waals surface area contributed by atoms with Gasteiger partial charge in [0.05, 0.1) is 5.60 Å². The number of ketones is 1. The van der Waals surface area contributed by atoms with Crippen molar-refractivity contribution in [3.63, 3.8) is 0 Å². The fraction of sp³-hybridized carbons (Fsp3) is 0.875. The zero-order chi connectivity index (χ0) is 7.78. The van der Waals surface area contributed by atoms with Gasteiger partial charge in [0.15, 0.2) is 5.78 Å². The van der Waals surface area contributed by atoms with Crippen LogP contribution < -0.4 is 0 Å². The molecule has 1 saturated heterocycles. The lowest BCUT2D eigenvalue weighted by atomic mass is 10.0. The highest BCUT2D eigenvalue weighted by molar-refractivity contribution is 5.84. The van der Waals surface area contributed by atoms with E-state index in [1.807, 2.05) is 6.92 Å². The van der Waals surface area contributed by atoms with E-state index in [0.29, 0.717) is 0 Å². The minimum Gasteiger partial charge on any atom is -0.358 e. The van der Waals surface area contributed by atoms with Crippen molar-refractivity contribution in [1.82, 2.24) is 0 Å². The van der Waals surface area contributed by atoms with Gasteiger partial charge in [0, 0.05) is 0 Å². The molecule has 2 unspecified atom stereocenters. The molecule has 0 N–H and O–H groups in total. The standard InChI is InChI=1S/C8H14O2/c1-4-5-8(3)7(10-8)6(2)9/h7H,4-5H2,1-3H3. The smallest absolute Gasteiger partial charge is 0.161 e. The van der Waals surface area contributed by atoms with E-state index in [1.54, 1.807) is 6.92 Å². The Morgan fingerprint density at radius 1 is 1.70 bits per heavy atom. The van der Waals surface area contributed by atoms with Gasteiger partial charge in [-0.2, -0.15) is 0 Å². The van der Waals surface area contributed by atoms with Crippen LogP contribution in [-0.4, -0.2) is 17.5 Å². The molecule has 0 radical (unpaired) electrons. The minimum atomic E-state index is -0.111. The van der Waals surface area contributed by atoms with Gasteiger partial charge in [-0.05, 0) is 20.3 Å². The first kappa shape index (κ1) is 7.73. The highest BCUT2D eigenvalue weighted by Crippen LogP contribution is 2.40. The molecule has 0 aliphatic carbocycles. The quantitative estimate of drug-likeness (QED) is 0.559. The normalized spacial score (nSPS) is 37.7. The molecule has 1 rings (SSSR count). The van der Waals surface area contributed by atoms with Crippen molar-refractivity contribution in [3.8, 4) is 0 Å². The Labute approximate surface area is 61.6 Å². The maximum atomic E-state index is 10.8. The second-order valence-corrected chi connectivity index (χ2v) is 3.17. The Balaban J connectivity index is 2.40. The van der Waals surface area contributed by atoms with Crippen LogP contribution in [0.3, 0.4) is 0 Å². The summed E-state index contributed by atoms with van der Waals surface area (Å²) in [6.45, 7) is 5.69. The largest absolute Gasteiger partial charge is 0.358 e. The van der Waals surface area contributed by atoms with Gasteiger partial charge in [0.25, 0.3) is 0 Å². The first-order valence-electron chi connectivity index (χ1n) is 3.78. The molecule has 0 aromatic heterocycles. The Bertz CT molecular complexity index is 153. The molecule has 0 bridgehead atoms. The van der Waals surface area contributed by atoms with Gasteiger partial charge >= 0.3 is 0 Å². The lowest BCUT2D eigenvalue weighted by Crippen LogP contribution is -2.14. The highest BCUT2D eigenvalue weighted by atomic mass is 16.6. The van der Waals surface area contributed by atoms with Crippen LogP contribution in [0.1, 0.15) is 33.6 Å². The van der Waals surface area contributed by atoms with Gasteiger partial charge in [0.2, 0.25) is 0 Å². The summed E-state index contributed by atoms with van der Waals surface area (Å²) in [5.74, 6) is 0.163. The molecule has 1 fully saturated rings. The number of carbonyl (C=O) groups is 1. The fourth-order valence-electron chi connectivity index (χ4n) is 1.43. The molecule has 2 heteroatoms. The van der Waals surface area contributed by atoms with Crippen molar-refractivity contribution in [2.24, 2.45) is 0 Å². The van der Waals surface area contributed by atoms with Crippen LogP contribution in [-0.2, 0) is 9.53 Å². The SMILES string of the molecule is CCCC1(C)OC1C(C)=O. The van der Waals surface area contributed by atoms with Crippen molar-refractivity contribution in [1.29, 1.82) is 0 Å². The summed E-state index contributed by atoms with van der Waals surface area (Å²) < 4.78 is 5.26. The van der Waals surface area contributed by atoms with E-state index in [0.717, 1.165) is 12.8 Å². The number of Topliss-reactive ketones (excluding diaryl/α,β-unsaturated/α-hetero) is 1. The molecule has 1 aliphatic rings. The molecule has 2 nitrogen and oxygen atoms in total. The van der Waals surface area contributed by atoms with Gasteiger partial charge in [-0.15, -0.1) is 0 Å². The predicted molar refractivity (Wildman–Crippen MR) is 38.9 cm³/mol. The fourth-order valence-corrected chi connectivity index (χ4v) is 1.43. The van der Waals surface area contributed by atoms with Gasteiger partial charge in [0.1, 0.15) is 6.10 Å². The van der Waals surface area contributed by atoms with Crippen molar-refractivity contribution in [2.75, 3.05) is 0 Å². The van der Waals surface area contributed by atoms with E-state index in [1.165, 1.54) is 0 Å². The van der Waals surface area contributed by atoms with E-state index in [4.69, 9.17) is 4.74 Å². The summed E-state index contributed by atoms with van der Waals surface area (Å²) in [6, 6.07) is 0. The van der Waals surface area contributed by atoms with Gasteiger partial charge < -0.3 is 4.74 Å². The third-order valence-corrected chi connectivity index (χ3v) is 2.00. The van der Waals surface area contributed by atoms with Gasteiger partial charge in [-0.25, -0.2) is 0 Å². The van der Waals surface area contributed by atoms with E-state index in [-0.39, 0.29) is 17.5 Å². The molecule has 0 saturated carbocycles. The van der Waals surface area contributed by atoms with Crippen LogP contribution in [0.25, 0.3) is 0 Å². The maximum absolute atomic E-state index is 10.8. The van der Waals surface area contributed by atoms with E-state index < -0.39 is 0 Å². The van der Waals surface area contributed by atoms with Crippen LogP contribution in [0.2, 0.25) is 0 Å². The number of carbonyl (C=O) groups excluding carboxylic acids is 1. The molecule has 2 atom stereocenters. The molecule has 10 heavy (non-hydrogen) atoms. The lowest BCUT2D eigenvalue weighted by molar-refractivity contribution is -0.118. The van der Waals surface area contributed by atoms with Crippen LogP contribution in [0.5, 0.6) is 0 Å². The van der Waals surface area contributed by atoms with E-state index in [2.05, 4.69) is 6.92 Å². The number of hydrogen-bond acceptors (Lipinski definition) is 2. The molecule has 1 heterocycles.